The zero-order valence-electron chi connectivity index (χ0n) is 8.67. The number of halogens is 1. The third kappa shape index (κ3) is 4.25. The van der Waals surface area contributed by atoms with E-state index in [0.717, 1.165) is 11.9 Å². The van der Waals surface area contributed by atoms with Gasteiger partial charge in [0.2, 0.25) is 0 Å². The SMILES string of the molecule is CCC[C@H](CBr)NCc1ccccc1. The maximum absolute atomic E-state index is 3.54. The second-order valence-corrected chi connectivity index (χ2v) is 4.15. The molecule has 0 saturated heterocycles. The lowest BCUT2D eigenvalue weighted by Gasteiger charge is -2.14. The van der Waals surface area contributed by atoms with Gasteiger partial charge in [-0.1, -0.05) is 59.6 Å². The van der Waals surface area contributed by atoms with E-state index in [-0.39, 0.29) is 0 Å². The molecular weight excluding hydrogens is 238 g/mol. The Morgan fingerprint density at radius 3 is 2.57 bits per heavy atom. The van der Waals surface area contributed by atoms with Crippen molar-refractivity contribution in [1.82, 2.24) is 5.32 Å². The third-order valence-corrected chi connectivity index (χ3v) is 3.04. The quantitative estimate of drug-likeness (QED) is 0.770. The lowest BCUT2D eigenvalue weighted by atomic mass is 10.1. The first-order valence-corrected chi connectivity index (χ1v) is 6.32. The van der Waals surface area contributed by atoms with E-state index in [1.807, 2.05) is 0 Å². The van der Waals surface area contributed by atoms with Crippen LogP contribution in [-0.2, 0) is 6.54 Å². The average molecular weight is 256 g/mol. The summed E-state index contributed by atoms with van der Waals surface area (Å²) >= 11 is 3.53. The van der Waals surface area contributed by atoms with Gasteiger partial charge in [0, 0.05) is 17.9 Å². The van der Waals surface area contributed by atoms with Crippen LogP contribution in [0.15, 0.2) is 30.3 Å². The third-order valence-electron chi connectivity index (χ3n) is 2.26. The molecule has 0 aliphatic rings. The molecule has 0 saturated carbocycles. The minimum atomic E-state index is 0.597. The molecule has 78 valence electrons. The molecule has 1 rings (SSSR count). The van der Waals surface area contributed by atoms with Crippen LogP contribution in [0.25, 0.3) is 0 Å². The molecule has 1 aromatic rings. The number of hydrogen-bond donors (Lipinski definition) is 1. The van der Waals surface area contributed by atoms with Gasteiger partial charge < -0.3 is 5.32 Å². The highest BCUT2D eigenvalue weighted by atomic mass is 79.9. The van der Waals surface area contributed by atoms with Crippen molar-refractivity contribution < 1.29 is 0 Å². The fourth-order valence-electron chi connectivity index (χ4n) is 1.44. The van der Waals surface area contributed by atoms with Gasteiger partial charge in [-0.25, -0.2) is 0 Å². The fourth-order valence-corrected chi connectivity index (χ4v) is 1.99. The molecule has 1 aromatic carbocycles. The first-order valence-electron chi connectivity index (χ1n) is 5.20. The van der Waals surface area contributed by atoms with Crippen LogP contribution in [0.4, 0.5) is 0 Å². The lowest BCUT2D eigenvalue weighted by Crippen LogP contribution is -2.29. The van der Waals surface area contributed by atoms with Gasteiger partial charge in [-0.3, -0.25) is 0 Å². The monoisotopic (exact) mass is 255 g/mol. The highest BCUT2D eigenvalue weighted by Gasteiger charge is 2.03. The van der Waals surface area contributed by atoms with E-state index in [2.05, 4.69) is 58.5 Å². The molecule has 0 spiro atoms. The summed E-state index contributed by atoms with van der Waals surface area (Å²) in [4.78, 5) is 0. The Kier molecular flexibility index (Phi) is 5.88. The van der Waals surface area contributed by atoms with Gasteiger partial charge in [-0.05, 0) is 12.0 Å². The van der Waals surface area contributed by atoms with Crippen LogP contribution >= 0.6 is 15.9 Å². The number of hydrogen-bond acceptors (Lipinski definition) is 1. The molecule has 0 unspecified atom stereocenters. The molecule has 0 aliphatic heterocycles. The van der Waals surface area contributed by atoms with Crippen LogP contribution in [0.1, 0.15) is 25.3 Å². The number of rotatable bonds is 6. The smallest absolute Gasteiger partial charge is 0.0208 e. The molecule has 0 fully saturated rings. The second kappa shape index (κ2) is 7.02. The second-order valence-electron chi connectivity index (χ2n) is 3.51. The maximum Gasteiger partial charge on any atom is 0.0208 e. The summed E-state index contributed by atoms with van der Waals surface area (Å²) in [6, 6.07) is 11.1. The molecule has 2 heteroatoms. The molecule has 0 radical (unpaired) electrons. The van der Waals surface area contributed by atoms with Gasteiger partial charge in [0.25, 0.3) is 0 Å². The van der Waals surface area contributed by atoms with Gasteiger partial charge >= 0.3 is 0 Å². The van der Waals surface area contributed by atoms with Crippen LogP contribution in [0.3, 0.4) is 0 Å². The van der Waals surface area contributed by atoms with Crippen molar-refractivity contribution >= 4 is 15.9 Å². The van der Waals surface area contributed by atoms with Crippen LogP contribution in [0.2, 0.25) is 0 Å². The van der Waals surface area contributed by atoms with Crippen molar-refractivity contribution in [1.29, 1.82) is 0 Å². The zero-order valence-corrected chi connectivity index (χ0v) is 10.3. The number of nitrogens with one attached hydrogen (secondary N) is 1. The normalized spacial score (nSPS) is 12.7. The number of alkyl halides is 1. The van der Waals surface area contributed by atoms with Gasteiger partial charge in [-0.15, -0.1) is 0 Å². The molecule has 1 N–H and O–H groups in total. The summed E-state index contributed by atoms with van der Waals surface area (Å²) in [6.07, 6.45) is 2.47. The molecule has 0 aromatic heterocycles. The summed E-state index contributed by atoms with van der Waals surface area (Å²) in [5.74, 6) is 0. The predicted molar refractivity (Wildman–Crippen MR) is 65.8 cm³/mol. The van der Waals surface area contributed by atoms with E-state index in [0.29, 0.717) is 6.04 Å². The predicted octanol–water partition coefficient (Wildman–Crippen LogP) is 3.34. The topological polar surface area (TPSA) is 12.0 Å². The maximum atomic E-state index is 3.54. The van der Waals surface area contributed by atoms with Crippen molar-refractivity contribution in [2.45, 2.75) is 32.4 Å². The van der Waals surface area contributed by atoms with E-state index in [4.69, 9.17) is 0 Å². The Labute approximate surface area is 95.0 Å². The molecule has 1 nitrogen and oxygen atoms in total. The zero-order chi connectivity index (χ0) is 10.2. The van der Waals surface area contributed by atoms with Gasteiger partial charge in [0.15, 0.2) is 0 Å². The van der Waals surface area contributed by atoms with E-state index < -0.39 is 0 Å². The molecule has 0 amide bonds. The molecule has 0 aliphatic carbocycles. The Balaban J connectivity index is 2.32. The average Bonchev–Trinajstić information content (AvgIpc) is 2.25. The van der Waals surface area contributed by atoms with Gasteiger partial charge in [0.1, 0.15) is 0 Å². The summed E-state index contributed by atoms with van der Waals surface area (Å²) in [7, 11) is 0. The lowest BCUT2D eigenvalue weighted by molar-refractivity contribution is 0.517. The Bertz CT molecular complexity index is 235. The van der Waals surface area contributed by atoms with Crippen LogP contribution in [0, 0.1) is 0 Å². The summed E-state index contributed by atoms with van der Waals surface area (Å²) < 4.78 is 0. The minimum absolute atomic E-state index is 0.597. The molecular formula is C12H18BrN. The van der Waals surface area contributed by atoms with Crippen molar-refractivity contribution in [3.63, 3.8) is 0 Å². The molecule has 0 bridgehead atoms. The van der Waals surface area contributed by atoms with E-state index in [9.17, 15) is 0 Å². The summed E-state index contributed by atoms with van der Waals surface area (Å²) in [5, 5.41) is 4.58. The largest absolute Gasteiger partial charge is 0.309 e. The molecule has 14 heavy (non-hydrogen) atoms. The van der Waals surface area contributed by atoms with E-state index in [1.165, 1.54) is 18.4 Å². The Morgan fingerprint density at radius 2 is 2.00 bits per heavy atom. The van der Waals surface area contributed by atoms with E-state index in [1.54, 1.807) is 0 Å². The summed E-state index contributed by atoms with van der Waals surface area (Å²) in [6.45, 7) is 3.19. The first-order chi connectivity index (χ1) is 6.86. The fraction of sp³-hybridized carbons (Fsp3) is 0.500. The van der Waals surface area contributed by atoms with Crippen molar-refractivity contribution in [2.24, 2.45) is 0 Å². The summed E-state index contributed by atoms with van der Waals surface area (Å²) in [5.41, 5.74) is 1.36. The standard InChI is InChI=1S/C12H18BrN/c1-2-6-12(9-13)14-10-11-7-4-3-5-8-11/h3-5,7-8,12,14H,2,6,9-10H2,1H3/t12-/m1/s1. The van der Waals surface area contributed by atoms with Crippen LogP contribution < -0.4 is 5.32 Å². The number of benzene rings is 1. The highest BCUT2D eigenvalue weighted by molar-refractivity contribution is 9.09. The van der Waals surface area contributed by atoms with Crippen molar-refractivity contribution in [3.8, 4) is 0 Å². The molecule has 0 heterocycles. The highest BCUT2D eigenvalue weighted by Crippen LogP contribution is 2.03. The van der Waals surface area contributed by atoms with Crippen LogP contribution in [-0.4, -0.2) is 11.4 Å². The van der Waals surface area contributed by atoms with Crippen molar-refractivity contribution in [2.75, 3.05) is 5.33 Å². The Morgan fingerprint density at radius 1 is 1.29 bits per heavy atom. The van der Waals surface area contributed by atoms with Gasteiger partial charge in [0.05, 0.1) is 0 Å². The first kappa shape index (κ1) is 11.7. The minimum Gasteiger partial charge on any atom is -0.309 e. The van der Waals surface area contributed by atoms with Gasteiger partial charge in [-0.2, -0.15) is 0 Å². The van der Waals surface area contributed by atoms with E-state index >= 15 is 0 Å². The van der Waals surface area contributed by atoms with Crippen LogP contribution in [0.5, 0.6) is 0 Å². The Hall–Kier alpha value is -0.340. The van der Waals surface area contributed by atoms with Crippen molar-refractivity contribution in [3.05, 3.63) is 35.9 Å². The molecule has 1 atom stereocenters.